The van der Waals surface area contributed by atoms with Crippen LogP contribution in [0.4, 0.5) is 9.18 Å². The van der Waals surface area contributed by atoms with Gasteiger partial charge < -0.3 is 10.6 Å². The van der Waals surface area contributed by atoms with Crippen molar-refractivity contribution in [3.05, 3.63) is 47.5 Å². The molecule has 1 atom stereocenters. The fraction of sp³-hybridized carbons (Fsp3) is 0.333. The van der Waals surface area contributed by atoms with E-state index < -0.39 is 0 Å². The third-order valence-corrected chi connectivity index (χ3v) is 4.79. The number of carbonyl (C=O) groups excluding carboxylic acids is 1. The smallest absolute Gasteiger partial charge is 0.315 e. The van der Waals surface area contributed by atoms with Gasteiger partial charge in [-0.15, -0.1) is 11.8 Å². The molecule has 1 unspecified atom stereocenters. The van der Waals surface area contributed by atoms with Crippen molar-refractivity contribution in [2.75, 3.05) is 5.75 Å². The number of rotatable bonds is 3. The van der Waals surface area contributed by atoms with E-state index >= 15 is 0 Å². The molecule has 3 rings (SSSR count). The highest BCUT2D eigenvalue weighted by molar-refractivity contribution is 7.99. The molecule has 1 aromatic carbocycles. The van der Waals surface area contributed by atoms with Gasteiger partial charge in [0.15, 0.2) is 0 Å². The number of carbonyl (C=O) groups is 1. The fourth-order valence-electron chi connectivity index (χ4n) is 2.47. The highest BCUT2D eigenvalue weighted by Crippen LogP contribution is 2.36. The van der Waals surface area contributed by atoms with Crippen molar-refractivity contribution < 1.29 is 9.18 Å². The van der Waals surface area contributed by atoms with Crippen LogP contribution in [-0.2, 0) is 13.6 Å². The third kappa shape index (κ3) is 3.24. The number of nitrogens with zero attached hydrogens (tertiary/aromatic N) is 2. The molecule has 1 aromatic heterocycles. The predicted molar refractivity (Wildman–Crippen MR) is 83.1 cm³/mol. The number of hydrogen-bond acceptors (Lipinski definition) is 3. The van der Waals surface area contributed by atoms with E-state index in [1.54, 1.807) is 28.7 Å². The number of urea groups is 1. The number of amides is 2. The molecule has 0 saturated carbocycles. The minimum atomic E-state index is -0.275. The Morgan fingerprint density at radius 1 is 1.50 bits per heavy atom. The number of nitrogens with one attached hydrogen (secondary N) is 2. The quantitative estimate of drug-likeness (QED) is 0.914. The van der Waals surface area contributed by atoms with Crippen LogP contribution < -0.4 is 10.6 Å². The maximum atomic E-state index is 13.4. The number of hydrogen-bond donors (Lipinski definition) is 2. The lowest BCUT2D eigenvalue weighted by Crippen LogP contribution is -2.39. The second-order valence-electron chi connectivity index (χ2n) is 5.15. The Bertz CT molecular complexity index is 688. The maximum Gasteiger partial charge on any atom is 0.315 e. The van der Waals surface area contributed by atoms with E-state index in [1.165, 1.54) is 12.1 Å². The van der Waals surface area contributed by atoms with E-state index in [0.29, 0.717) is 6.54 Å². The zero-order chi connectivity index (χ0) is 15.5. The molecule has 7 heteroatoms. The van der Waals surface area contributed by atoms with E-state index in [9.17, 15) is 9.18 Å². The van der Waals surface area contributed by atoms with Crippen molar-refractivity contribution in [2.24, 2.45) is 7.05 Å². The van der Waals surface area contributed by atoms with Gasteiger partial charge in [0.05, 0.1) is 18.3 Å². The van der Waals surface area contributed by atoms with Gasteiger partial charge in [-0.1, -0.05) is 0 Å². The first-order valence-corrected chi connectivity index (χ1v) is 8.05. The Kier molecular flexibility index (Phi) is 4.33. The monoisotopic (exact) mass is 320 g/mol. The molecule has 1 aliphatic heterocycles. The summed E-state index contributed by atoms with van der Waals surface area (Å²) in [4.78, 5) is 13.1. The van der Waals surface area contributed by atoms with Gasteiger partial charge in [-0.25, -0.2) is 9.18 Å². The largest absolute Gasteiger partial charge is 0.333 e. The molecule has 2 N–H and O–H groups in total. The van der Waals surface area contributed by atoms with Crippen molar-refractivity contribution in [3.63, 3.8) is 0 Å². The molecule has 2 amide bonds. The molecule has 5 nitrogen and oxygen atoms in total. The van der Waals surface area contributed by atoms with Crippen LogP contribution in [0.1, 0.15) is 23.7 Å². The van der Waals surface area contributed by atoms with Gasteiger partial charge in [0.25, 0.3) is 0 Å². The van der Waals surface area contributed by atoms with Crippen LogP contribution in [-0.4, -0.2) is 21.6 Å². The van der Waals surface area contributed by atoms with Crippen LogP contribution in [0.15, 0.2) is 35.4 Å². The number of benzene rings is 1. The molecule has 0 saturated heterocycles. The predicted octanol–water partition coefficient (Wildman–Crippen LogP) is 2.60. The zero-order valence-electron chi connectivity index (χ0n) is 12.2. The van der Waals surface area contributed by atoms with Crippen LogP contribution in [0.2, 0.25) is 0 Å². The van der Waals surface area contributed by atoms with Gasteiger partial charge in [0.1, 0.15) is 5.82 Å². The van der Waals surface area contributed by atoms with E-state index in [-0.39, 0.29) is 17.9 Å². The lowest BCUT2D eigenvalue weighted by molar-refractivity contribution is 0.236. The Morgan fingerprint density at radius 2 is 2.36 bits per heavy atom. The standard InChI is InChI=1S/C15H17FN4OS/c1-20-11(4-6-18-20)9-17-15(21)19-13-5-7-22-14-3-2-10(16)8-12(13)14/h2-4,6,8,13H,5,7,9H2,1H3,(H2,17,19,21). The second kappa shape index (κ2) is 6.39. The summed E-state index contributed by atoms with van der Waals surface area (Å²) in [5.41, 5.74) is 1.77. The molecule has 0 spiro atoms. The average molecular weight is 320 g/mol. The van der Waals surface area contributed by atoms with Gasteiger partial charge in [-0.2, -0.15) is 5.10 Å². The summed E-state index contributed by atoms with van der Waals surface area (Å²) in [7, 11) is 1.83. The summed E-state index contributed by atoms with van der Waals surface area (Å²) in [6.45, 7) is 0.403. The Balaban J connectivity index is 1.63. The van der Waals surface area contributed by atoms with Crippen LogP contribution in [0.25, 0.3) is 0 Å². The van der Waals surface area contributed by atoms with Gasteiger partial charge in [-0.3, -0.25) is 4.68 Å². The minimum Gasteiger partial charge on any atom is -0.333 e. The van der Waals surface area contributed by atoms with E-state index in [2.05, 4.69) is 15.7 Å². The molecule has 116 valence electrons. The molecule has 0 aliphatic carbocycles. The number of fused-ring (bicyclic) bond motifs is 1. The number of aryl methyl sites for hydroxylation is 1. The lowest BCUT2D eigenvalue weighted by Gasteiger charge is -2.26. The molecule has 0 fully saturated rings. The van der Waals surface area contributed by atoms with Crippen molar-refractivity contribution in [2.45, 2.75) is 23.9 Å². The summed E-state index contributed by atoms with van der Waals surface area (Å²) in [6.07, 6.45) is 2.48. The van der Waals surface area contributed by atoms with Gasteiger partial charge in [0, 0.05) is 23.9 Å². The average Bonchev–Trinajstić information content (AvgIpc) is 2.91. The number of aromatic nitrogens is 2. The number of thioether (sulfide) groups is 1. The molecular formula is C15H17FN4OS. The first kappa shape index (κ1) is 14.9. The summed E-state index contributed by atoms with van der Waals surface area (Å²) < 4.78 is 15.1. The van der Waals surface area contributed by atoms with Crippen LogP contribution in [0, 0.1) is 5.82 Å². The minimum absolute atomic E-state index is 0.154. The van der Waals surface area contributed by atoms with Crippen molar-refractivity contribution >= 4 is 17.8 Å². The molecule has 2 heterocycles. The van der Waals surface area contributed by atoms with E-state index in [1.807, 2.05) is 13.1 Å². The zero-order valence-corrected chi connectivity index (χ0v) is 13.0. The summed E-state index contributed by atoms with van der Waals surface area (Å²) in [5.74, 6) is 0.633. The van der Waals surface area contributed by atoms with E-state index in [4.69, 9.17) is 0 Å². The van der Waals surface area contributed by atoms with Gasteiger partial charge in [0.2, 0.25) is 0 Å². The molecule has 0 bridgehead atoms. The fourth-order valence-corrected chi connectivity index (χ4v) is 3.58. The second-order valence-corrected chi connectivity index (χ2v) is 6.28. The van der Waals surface area contributed by atoms with Crippen LogP contribution in [0.3, 0.4) is 0 Å². The Morgan fingerprint density at radius 3 is 3.14 bits per heavy atom. The van der Waals surface area contributed by atoms with Crippen molar-refractivity contribution in [3.8, 4) is 0 Å². The lowest BCUT2D eigenvalue weighted by atomic mass is 10.0. The Hall–Kier alpha value is -2.02. The van der Waals surface area contributed by atoms with Crippen molar-refractivity contribution in [1.29, 1.82) is 0 Å². The summed E-state index contributed by atoms with van der Waals surface area (Å²) in [5, 5.41) is 9.78. The van der Waals surface area contributed by atoms with Gasteiger partial charge in [-0.05, 0) is 36.2 Å². The van der Waals surface area contributed by atoms with E-state index in [0.717, 1.165) is 28.3 Å². The normalized spacial score (nSPS) is 16.9. The molecule has 1 aliphatic rings. The maximum absolute atomic E-state index is 13.4. The molecule has 2 aromatic rings. The summed E-state index contributed by atoms with van der Waals surface area (Å²) in [6, 6.07) is 6.18. The highest BCUT2D eigenvalue weighted by atomic mass is 32.2. The SMILES string of the molecule is Cn1nccc1CNC(=O)NC1CCSc2ccc(F)cc21. The summed E-state index contributed by atoms with van der Waals surface area (Å²) >= 11 is 1.69. The third-order valence-electron chi connectivity index (χ3n) is 3.67. The molecule has 22 heavy (non-hydrogen) atoms. The van der Waals surface area contributed by atoms with Crippen LogP contribution in [0.5, 0.6) is 0 Å². The molecule has 0 radical (unpaired) electrons. The molecular weight excluding hydrogens is 303 g/mol. The first-order chi connectivity index (χ1) is 10.6. The Labute approximate surface area is 132 Å². The topological polar surface area (TPSA) is 59.0 Å². The van der Waals surface area contributed by atoms with Gasteiger partial charge >= 0.3 is 6.03 Å². The first-order valence-electron chi connectivity index (χ1n) is 7.07. The number of halogens is 1. The highest BCUT2D eigenvalue weighted by Gasteiger charge is 2.22. The van der Waals surface area contributed by atoms with Crippen LogP contribution >= 0.6 is 11.8 Å². The van der Waals surface area contributed by atoms with Crippen molar-refractivity contribution in [1.82, 2.24) is 20.4 Å².